The van der Waals surface area contributed by atoms with Gasteiger partial charge in [-0.15, -0.1) is 0 Å². The maximum absolute atomic E-state index is 6.50. The molecule has 3 unspecified atom stereocenters. The van der Waals surface area contributed by atoms with Crippen molar-refractivity contribution in [2.75, 3.05) is 39.6 Å². The third kappa shape index (κ3) is 8.47. The summed E-state index contributed by atoms with van der Waals surface area (Å²) < 4.78 is 35.4. The van der Waals surface area contributed by atoms with Gasteiger partial charge in [-0.05, 0) is 105 Å². The first-order chi connectivity index (χ1) is 26.2. The first-order valence-electron chi connectivity index (χ1n) is 18.5. The van der Waals surface area contributed by atoms with Gasteiger partial charge in [0.05, 0.1) is 19.8 Å². The van der Waals surface area contributed by atoms with Crippen LogP contribution in [0.5, 0.6) is 17.2 Å². The molecule has 3 fully saturated rings. The lowest BCUT2D eigenvalue weighted by atomic mass is 9.85. The largest absolute Gasteiger partial charge is 0.491 e. The molecule has 6 nitrogen and oxygen atoms in total. The summed E-state index contributed by atoms with van der Waals surface area (Å²) in [5.74, 6) is 2.52. The van der Waals surface area contributed by atoms with Crippen molar-refractivity contribution in [1.82, 2.24) is 0 Å². The third-order valence-electron chi connectivity index (χ3n) is 9.94. The van der Waals surface area contributed by atoms with E-state index in [2.05, 4.69) is 140 Å². The Morgan fingerprint density at radius 2 is 0.755 bits per heavy atom. The number of hydrogen-bond acceptors (Lipinski definition) is 6. The molecule has 3 aliphatic heterocycles. The molecule has 0 bridgehead atoms. The van der Waals surface area contributed by atoms with E-state index in [4.69, 9.17) is 28.4 Å². The van der Waals surface area contributed by atoms with Gasteiger partial charge in [0, 0.05) is 0 Å². The van der Waals surface area contributed by atoms with E-state index in [1.54, 1.807) is 0 Å². The Hall–Kier alpha value is -5.40. The van der Waals surface area contributed by atoms with Crippen LogP contribution in [0.1, 0.15) is 22.3 Å². The van der Waals surface area contributed by atoms with Crippen molar-refractivity contribution in [3.8, 4) is 50.6 Å². The fourth-order valence-electron chi connectivity index (χ4n) is 6.96. The maximum Gasteiger partial charge on any atom is 0.120 e. The zero-order valence-electron chi connectivity index (χ0n) is 29.6. The number of hydrogen-bond donors (Lipinski definition) is 0. The summed E-state index contributed by atoms with van der Waals surface area (Å²) in [6.45, 7) is 3.87. The summed E-state index contributed by atoms with van der Waals surface area (Å²) >= 11 is 0. The Labute approximate surface area is 310 Å². The smallest absolute Gasteiger partial charge is 0.120 e. The lowest BCUT2D eigenvalue weighted by Crippen LogP contribution is -2.08. The predicted octanol–water partition coefficient (Wildman–Crippen LogP) is 9.20. The Morgan fingerprint density at radius 3 is 1.15 bits per heavy atom. The molecule has 0 saturated carbocycles. The zero-order chi connectivity index (χ0) is 35.4. The fourth-order valence-corrected chi connectivity index (χ4v) is 6.96. The van der Waals surface area contributed by atoms with E-state index < -0.39 is 0 Å². The van der Waals surface area contributed by atoms with Crippen LogP contribution in [0.2, 0.25) is 0 Å². The Morgan fingerprint density at radius 1 is 0.396 bits per heavy atom. The summed E-state index contributed by atoms with van der Waals surface area (Å²) in [5, 5.41) is 0. The van der Waals surface area contributed by atoms with Crippen LogP contribution in [-0.2, 0) is 27.1 Å². The molecule has 0 amide bonds. The summed E-state index contributed by atoms with van der Waals surface area (Å²) in [5.41, 5.74) is 11.8. The molecule has 0 radical (unpaired) electrons. The maximum atomic E-state index is 6.50. The van der Waals surface area contributed by atoms with E-state index in [1.165, 1.54) is 50.1 Å². The van der Waals surface area contributed by atoms with E-state index in [0.29, 0.717) is 32.7 Å². The van der Waals surface area contributed by atoms with Crippen molar-refractivity contribution < 1.29 is 28.4 Å². The standard InChI is InChI=1S/C47H42O6/c1-4-10-32(11-5-1)45-18-16-39(48-26-42-29-51-42)22-35(45)20-37-24-41(50-28-44-31-53-44)25-38(47(37)34-14-8-3-9-15-34)21-36-23-40(49-27-43-30-52-43)17-19-46(36)33-12-6-2-7-13-33/h1-19,22-25,42-44H,20-21,26-31H2. The van der Waals surface area contributed by atoms with Gasteiger partial charge in [0.15, 0.2) is 0 Å². The van der Waals surface area contributed by atoms with Crippen LogP contribution in [0.4, 0.5) is 0 Å². The van der Waals surface area contributed by atoms with Crippen molar-refractivity contribution in [3.63, 3.8) is 0 Å². The monoisotopic (exact) mass is 702 g/mol. The van der Waals surface area contributed by atoms with Crippen molar-refractivity contribution in [2.45, 2.75) is 31.2 Å². The predicted molar refractivity (Wildman–Crippen MR) is 207 cm³/mol. The van der Waals surface area contributed by atoms with Crippen molar-refractivity contribution in [1.29, 1.82) is 0 Å². The number of ether oxygens (including phenoxy) is 6. The highest BCUT2D eigenvalue weighted by Gasteiger charge is 2.26. The van der Waals surface area contributed by atoms with Gasteiger partial charge in [0.25, 0.3) is 0 Å². The molecule has 0 spiro atoms. The minimum absolute atomic E-state index is 0.138. The average molecular weight is 703 g/mol. The molecule has 0 aromatic heterocycles. The van der Waals surface area contributed by atoms with E-state index in [0.717, 1.165) is 42.6 Å². The van der Waals surface area contributed by atoms with Crippen LogP contribution in [0, 0.1) is 0 Å². The summed E-state index contributed by atoms with van der Waals surface area (Å²) in [6.07, 6.45) is 1.84. The molecular weight excluding hydrogens is 661 g/mol. The molecule has 0 aliphatic carbocycles. The van der Waals surface area contributed by atoms with Gasteiger partial charge in [0.1, 0.15) is 55.4 Å². The van der Waals surface area contributed by atoms with Gasteiger partial charge in [-0.25, -0.2) is 0 Å². The number of rotatable bonds is 16. The highest BCUT2D eigenvalue weighted by Crippen LogP contribution is 2.39. The molecule has 266 valence electrons. The minimum atomic E-state index is 0.138. The van der Waals surface area contributed by atoms with Crippen LogP contribution in [0.15, 0.2) is 140 Å². The van der Waals surface area contributed by atoms with Crippen molar-refractivity contribution in [2.24, 2.45) is 0 Å². The van der Waals surface area contributed by atoms with Crippen LogP contribution in [0.3, 0.4) is 0 Å². The average Bonchev–Trinajstić information content (AvgIpc) is 4.05. The van der Waals surface area contributed by atoms with E-state index in [9.17, 15) is 0 Å². The van der Waals surface area contributed by atoms with Crippen LogP contribution in [0.25, 0.3) is 33.4 Å². The van der Waals surface area contributed by atoms with Gasteiger partial charge in [-0.3, -0.25) is 0 Å². The molecule has 6 aromatic rings. The lowest BCUT2D eigenvalue weighted by Gasteiger charge is -2.21. The molecule has 53 heavy (non-hydrogen) atoms. The van der Waals surface area contributed by atoms with Gasteiger partial charge < -0.3 is 28.4 Å². The lowest BCUT2D eigenvalue weighted by molar-refractivity contribution is 0.262. The van der Waals surface area contributed by atoms with Gasteiger partial charge in [0.2, 0.25) is 0 Å². The fraction of sp³-hybridized carbons (Fsp3) is 0.234. The molecule has 0 N–H and O–H groups in total. The number of benzene rings is 6. The van der Waals surface area contributed by atoms with Crippen LogP contribution >= 0.6 is 0 Å². The second-order valence-corrected chi connectivity index (χ2v) is 14.0. The molecule has 3 aliphatic rings. The van der Waals surface area contributed by atoms with Gasteiger partial charge in [-0.2, -0.15) is 0 Å². The normalized spacial score (nSPS) is 18.3. The highest BCUT2D eigenvalue weighted by molar-refractivity contribution is 5.77. The molecule has 3 atom stereocenters. The molecule has 3 heterocycles. The molecule has 9 rings (SSSR count). The first kappa shape index (κ1) is 33.4. The summed E-state index contributed by atoms with van der Waals surface area (Å²) in [7, 11) is 0. The van der Waals surface area contributed by atoms with E-state index in [-0.39, 0.29) is 18.3 Å². The van der Waals surface area contributed by atoms with E-state index in [1.807, 2.05) is 0 Å². The Kier molecular flexibility index (Phi) is 9.65. The number of epoxide rings is 3. The van der Waals surface area contributed by atoms with Crippen molar-refractivity contribution >= 4 is 0 Å². The van der Waals surface area contributed by atoms with Crippen LogP contribution < -0.4 is 14.2 Å². The summed E-state index contributed by atoms with van der Waals surface area (Å²) in [6, 6.07) is 49.3. The van der Waals surface area contributed by atoms with Gasteiger partial charge in [-0.1, -0.05) is 103 Å². The molecule has 6 heteroatoms. The minimum Gasteiger partial charge on any atom is -0.491 e. The first-order valence-corrected chi connectivity index (χ1v) is 18.5. The second kappa shape index (κ2) is 15.3. The zero-order valence-corrected chi connectivity index (χ0v) is 29.6. The SMILES string of the molecule is c1ccc(-c2ccc(OCC3CO3)cc2Cc2cc(OCC3CO3)cc(Cc3cc(OCC4CO4)ccc3-c3ccccc3)c2-c2ccccc2)cc1. The Balaban J connectivity index is 1.17. The van der Waals surface area contributed by atoms with Crippen molar-refractivity contribution in [3.05, 3.63) is 162 Å². The van der Waals surface area contributed by atoms with Gasteiger partial charge >= 0.3 is 0 Å². The molecular formula is C47H42O6. The highest BCUT2D eigenvalue weighted by atomic mass is 16.6. The topological polar surface area (TPSA) is 65.3 Å². The quantitative estimate of drug-likeness (QED) is 0.0938. The molecule has 3 saturated heterocycles. The summed E-state index contributed by atoms with van der Waals surface area (Å²) in [4.78, 5) is 0. The van der Waals surface area contributed by atoms with E-state index >= 15 is 0 Å². The molecule has 6 aromatic carbocycles. The van der Waals surface area contributed by atoms with Crippen LogP contribution in [-0.4, -0.2) is 58.0 Å². The third-order valence-corrected chi connectivity index (χ3v) is 9.94. The Bertz CT molecular complexity index is 2030. The second-order valence-electron chi connectivity index (χ2n) is 14.0.